The zero-order valence-electron chi connectivity index (χ0n) is 12.3. The highest BCUT2D eigenvalue weighted by molar-refractivity contribution is 5.89. The van der Waals surface area contributed by atoms with Gasteiger partial charge in [-0.2, -0.15) is 0 Å². The van der Waals surface area contributed by atoms with E-state index in [-0.39, 0.29) is 30.9 Å². The van der Waals surface area contributed by atoms with Crippen molar-refractivity contribution in [3.05, 3.63) is 18.2 Å². The van der Waals surface area contributed by atoms with Gasteiger partial charge in [-0.1, -0.05) is 0 Å². The maximum atomic E-state index is 11.9. The Morgan fingerprint density at radius 2 is 2.23 bits per heavy atom. The normalized spacial score (nSPS) is 19.4. The van der Waals surface area contributed by atoms with Crippen molar-refractivity contribution in [1.82, 2.24) is 10.2 Å². The van der Waals surface area contributed by atoms with Gasteiger partial charge >= 0.3 is 0 Å². The zero-order valence-corrected chi connectivity index (χ0v) is 12.3. The summed E-state index contributed by atoms with van der Waals surface area (Å²) >= 11 is 0. The number of carbonyl (C=O) groups is 2. The van der Waals surface area contributed by atoms with E-state index < -0.39 is 0 Å². The van der Waals surface area contributed by atoms with Crippen LogP contribution in [0.25, 0.3) is 0 Å². The monoisotopic (exact) mass is 306 g/mol. The minimum atomic E-state index is -0.261. The number of fused-ring (bicyclic) bond motifs is 1. The molecule has 7 heteroatoms. The van der Waals surface area contributed by atoms with Crippen LogP contribution in [0.15, 0.2) is 18.2 Å². The highest BCUT2D eigenvalue weighted by Crippen LogP contribution is 2.34. The average Bonchev–Trinajstić information content (AvgIpc) is 3.10. The summed E-state index contributed by atoms with van der Waals surface area (Å²) in [5.74, 6) is 1.67. The molecule has 2 aliphatic heterocycles. The number of nitrogens with one attached hydrogen (secondary N) is 1. The van der Waals surface area contributed by atoms with Crippen LogP contribution in [0.3, 0.4) is 0 Å². The van der Waals surface area contributed by atoms with Gasteiger partial charge in [0.2, 0.25) is 18.6 Å². The molecule has 1 aromatic rings. The number of benzene rings is 1. The Labute approximate surface area is 128 Å². The topological polar surface area (TPSA) is 77.1 Å². The molecule has 7 nitrogen and oxygen atoms in total. The summed E-state index contributed by atoms with van der Waals surface area (Å²) in [4.78, 5) is 24.9. The van der Waals surface area contributed by atoms with Crippen LogP contribution in [0, 0.1) is 5.92 Å². The van der Waals surface area contributed by atoms with E-state index in [1.807, 2.05) is 0 Å². The number of ether oxygens (including phenoxy) is 3. The van der Waals surface area contributed by atoms with E-state index in [1.54, 1.807) is 30.1 Å². The van der Waals surface area contributed by atoms with Gasteiger partial charge in [0.05, 0.1) is 12.5 Å². The van der Waals surface area contributed by atoms with Crippen LogP contribution in [0.5, 0.6) is 17.2 Å². The molecule has 118 valence electrons. The zero-order chi connectivity index (χ0) is 15.5. The predicted molar refractivity (Wildman–Crippen MR) is 76.8 cm³/mol. The van der Waals surface area contributed by atoms with Gasteiger partial charge in [-0.25, -0.2) is 0 Å². The van der Waals surface area contributed by atoms with E-state index in [4.69, 9.17) is 14.2 Å². The van der Waals surface area contributed by atoms with E-state index in [9.17, 15) is 9.59 Å². The lowest BCUT2D eigenvalue weighted by Gasteiger charge is -2.11. The molecule has 1 aromatic carbocycles. The molecule has 0 unspecified atom stereocenters. The number of rotatable bonds is 5. The molecular weight excluding hydrogens is 288 g/mol. The van der Waals surface area contributed by atoms with Gasteiger partial charge in [0.1, 0.15) is 12.4 Å². The predicted octanol–water partition coefficient (Wildman–Crippen LogP) is 0.389. The van der Waals surface area contributed by atoms with Crippen LogP contribution >= 0.6 is 0 Å². The lowest BCUT2D eigenvalue weighted by molar-refractivity contribution is -0.128. The number of amides is 2. The van der Waals surface area contributed by atoms with Crippen LogP contribution < -0.4 is 19.5 Å². The van der Waals surface area contributed by atoms with Gasteiger partial charge in [-0.3, -0.25) is 9.59 Å². The van der Waals surface area contributed by atoms with E-state index in [0.29, 0.717) is 36.9 Å². The van der Waals surface area contributed by atoms with Crippen LogP contribution in [-0.4, -0.2) is 50.3 Å². The largest absolute Gasteiger partial charge is 0.492 e. The number of hydrogen-bond donors (Lipinski definition) is 1. The van der Waals surface area contributed by atoms with Crippen molar-refractivity contribution in [3.63, 3.8) is 0 Å². The molecule has 0 spiro atoms. The van der Waals surface area contributed by atoms with Crippen LogP contribution in [0.4, 0.5) is 0 Å². The summed E-state index contributed by atoms with van der Waals surface area (Å²) in [7, 11) is 1.71. The standard InChI is InChI=1S/C15H18N2O5/c1-17-8-10(6-14(17)18)15(19)16-4-5-20-11-2-3-12-13(7-11)22-9-21-12/h2-3,7,10H,4-6,8-9H2,1H3,(H,16,19)/t10-/m1/s1. The second-order valence-corrected chi connectivity index (χ2v) is 5.33. The van der Waals surface area contributed by atoms with Gasteiger partial charge in [-0.15, -0.1) is 0 Å². The third kappa shape index (κ3) is 3.08. The third-order valence-electron chi connectivity index (χ3n) is 3.73. The lowest BCUT2D eigenvalue weighted by atomic mass is 10.1. The fourth-order valence-corrected chi connectivity index (χ4v) is 2.49. The Kier molecular flexibility index (Phi) is 4.04. The fraction of sp³-hybridized carbons (Fsp3) is 0.467. The number of likely N-dealkylation sites (tertiary alicyclic amines) is 1. The molecule has 0 aliphatic carbocycles. The molecule has 0 bridgehead atoms. The van der Waals surface area contributed by atoms with Gasteiger partial charge < -0.3 is 24.4 Å². The van der Waals surface area contributed by atoms with Crippen molar-refractivity contribution in [3.8, 4) is 17.2 Å². The number of hydrogen-bond acceptors (Lipinski definition) is 5. The summed E-state index contributed by atoms with van der Waals surface area (Å²) < 4.78 is 16.0. The second-order valence-electron chi connectivity index (χ2n) is 5.33. The molecule has 1 saturated heterocycles. The Bertz CT molecular complexity index is 589. The fourth-order valence-electron chi connectivity index (χ4n) is 2.49. The van der Waals surface area contributed by atoms with Crippen LogP contribution in [-0.2, 0) is 9.59 Å². The van der Waals surface area contributed by atoms with Gasteiger partial charge in [0.15, 0.2) is 11.5 Å². The van der Waals surface area contributed by atoms with Crippen molar-refractivity contribution in [2.45, 2.75) is 6.42 Å². The van der Waals surface area contributed by atoms with E-state index in [0.717, 1.165) is 0 Å². The summed E-state index contributed by atoms with van der Waals surface area (Å²) in [5.41, 5.74) is 0. The molecule has 1 atom stereocenters. The third-order valence-corrected chi connectivity index (χ3v) is 3.73. The highest BCUT2D eigenvalue weighted by atomic mass is 16.7. The minimum Gasteiger partial charge on any atom is -0.492 e. The molecule has 0 radical (unpaired) electrons. The Hall–Kier alpha value is -2.44. The Morgan fingerprint density at radius 3 is 3.00 bits per heavy atom. The summed E-state index contributed by atoms with van der Waals surface area (Å²) in [6.07, 6.45) is 0.283. The first kappa shape index (κ1) is 14.5. The molecule has 2 amide bonds. The Morgan fingerprint density at radius 1 is 1.41 bits per heavy atom. The molecule has 3 rings (SSSR count). The van der Waals surface area contributed by atoms with E-state index in [1.165, 1.54) is 0 Å². The van der Waals surface area contributed by atoms with Crippen molar-refractivity contribution in [1.29, 1.82) is 0 Å². The number of carbonyl (C=O) groups excluding carboxylic acids is 2. The molecule has 22 heavy (non-hydrogen) atoms. The van der Waals surface area contributed by atoms with Crippen LogP contribution in [0.2, 0.25) is 0 Å². The molecule has 1 N–H and O–H groups in total. The first-order valence-corrected chi connectivity index (χ1v) is 7.17. The summed E-state index contributed by atoms with van der Waals surface area (Å²) in [5, 5.41) is 2.79. The van der Waals surface area contributed by atoms with Crippen molar-refractivity contribution in [2.24, 2.45) is 5.92 Å². The SMILES string of the molecule is CN1C[C@H](C(=O)NCCOc2ccc3c(c2)OCO3)CC1=O. The van der Waals surface area contributed by atoms with Gasteiger partial charge in [0, 0.05) is 26.1 Å². The highest BCUT2D eigenvalue weighted by Gasteiger charge is 2.31. The molecule has 0 aromatic heterocycles. The van der Waals surface area contributed by atoms with Gasteiger partial charge in [0.25, 0.3) is 0 Å². The number of nitrogens with zero attached hydrogens (tertiary/aromatic N) is 1. The first-order chi connectivity index (χ1) is 10.6. The summed E-state index contributed by atoms with van der Waals surface area (Å²) in [6, 6.07) is 5.34. The average molecular weight is 306 g/mol. The summed E-state index contributed by atoms with van der Waals surface area (Å²) in [6.45, 7) is 1.45. The van der Waals surface area contributed by atoms with Gasteiger partial charge in [-0.05, 0) is 12.1 Å². The van der Waals surface area contributed by atoms with Crippen molar-refractivity contribution >= 4 is 11.8 Å². The van der Waals surface area contributed by atoms with E-state index >= 15 is 0 Å². The maximum absolute atomic E-state index is 11.9. The minimum absolute atomic E-state index is 0.0109. The first-order valence-electron chi connectivity index (χ1n) is 7.17. The Balaban J connectivity index is 1.40. The molecule has 0 saturated carbocycles. The molecule has 2 aliphatic rings. The van der Waals surface area contributed by atoms with Crippen LogP contribution in [0.1, 0.15) is 6.42 Å². The van der Waals surface area contributed by atoms with Crippen molar-refractivity contribution in [2.75, 3.05) is 33.5 Å². The quantitative estimate of drug-likeness (QED) is 0.796. The van der Waals surface area contributed by atoms with E-state index in [2.05, 4.69) is 5.32 Å². The van der Waals surface area contributed by atoms with Crippen molar-refractivity contribution < 1.29 is 23.8 Å². The molecule has 1 fully saturated rings. The molecular formula is C15H18N2O5. The smallest absolute Gasteiger partial charge is 0.231 e. The lowest BCUT2D eigenvalue weighted by Crippen LogP contribution is -2.34. The molecule has 2 heterocycles. The maximum Gasteiger partial charge on any atom is 0.231 e. The second kappa shape index (κ2) is 6.13.